The molecule has 1 atom stereocenters. The molecule has 1 fully saturated rings. The number of methoxy groups -OCH3 is 1. The van der Waals surface area contributed by atoms with Crippen LogP contribution in [0.2, 0.25) is 0 Å². The van der Waals surface area contributed by atoms with Crippen molar-refractivity contribution in [3.05, 3.63) is 59.9 Å². The molecule has 0 aliphatic carbocycles. The van der Waals surface area contributed by atoms with Crippen LogP contribution in [0.25, 0.3) is 0 Å². The number of hydrogen-bond acceptors (Lipinski definition) is 5. The minimum atomic E-state index is -3.77. The molecule has 0 unspecified atom stereocenters. The first-order chi connectivity index (χ1) is 16.3. The molecule has 2 aromatic carbocycles. The van der Waals surface area contributed by atoms with E-state index in [4.69, 9.17) is 4.74 Å². The predicted molar refractivity (Wildman–Crippen MR) is 125 cm³/mol. The molecule has 0 aromatic heterocycles. The molecule has 0 spiro atoms. The first-order valence-corrected chi connectivity index (χ1v) is 12.7. The Morgan fingerprint density at radius 2 is 1.71 bits per heavy atom. The fourth-order valence-corrected chi connectivity index (χ4v) is 5.78. The van der Waals surface area contributed by atoms with Crippen LogP contribution in [0.15, 0.2) is 53.4 Å². The van der Waals surface area contributed by atoms with Crippen LogP contribution in [0.5, 0.6) is 5.75 Å². The molecule has 1 heterocycles. The molecule has 1 aliphatic heterocycles. The number of carbonyl (C=O) groups excluding carboxylic acids is 2. The van der Waals surface area contributed by atoms with Gasteiger partial charge in [0.15, 0.2) is 0 Å². The van der Waals surface area contributed by atoms with Crippen LogP contribution in [0.1, 0.15) is 31.2 Å². The number of hydrogen-bond donors (Lipinski definition) is 2. The van der Waals surface area contributed by atoms with E-state index in [0.717, 1.165) is 30.5 Å². The second-order valence-corrected chi connectivity index (χ2v) is 9.97. The van der Waals surface area contributed by atoms with Gasteiger partial charge in [-0.15, -0.1) is 0 Å². The average Bonchev–Trinajstić information content (AvgIpc) is 2.84. The van der Waals surface area contributed by atoms with Crippen LogP contribution in [0.4, 0.5) is 4.39 Å². The van der Waals surface area contributed by atoms with Gasteiger partial charge in [0.2, 0.25) is 10.0 Å². The van der Waals surface area contributed by atoms with Crippen molar-refractivity contribution in [2.24, 2.45) is 0 Å². The number of amides is 2. The van der Waals surface area contributed by atoms with Gasteiger partial charge < -0.3 is 15.4 Å². The number of sulfonamides is 1. The van der Waals surface area contributed by atoms with E-state index in [1.54, 1.807) is 7.11 Å². The molecular formula is C24H30FN3O5S. The first-order valence-electron chi connectivity index (χ1n) is 11.3. The summed E-state index contributed by atoms with van der Waals surface area (Å²) in [6.07, 6.45) is 3.15. The summed E-state index contributed by atoms with van der Waals surface area (Å²) in [6.45, 7) is 0.805. The third-order valence-corrected chi connectivity index (χ3v) is 7.80. The van der Waals surface area contributed by atoms with E-state index in [1.165, 1.54) is 16.4 Å². The molecular weight excluding hydrogens is 461 g/mol. The van der Waals surface area contributed by atoms with Crippen LogP contribution in [0.3, 0.4) is 0 Å². The number of nitrogens with zero attached hydrogens (tertiary/aromatic N) is 1. The standard InChI is InChI=1S/C24H30FN3O5S/c1-33-22-8-3-2-6-18(22)13-15-26-23(29)24(30)27-16-14-20-7-4-5-17-28(20)34(31,32)21-11-9-19(25)10-12-21/h2-3,6,8-12,20H,4-5,7,13-17H2,1H3,(H,26,29)(H,27,30)/t20-/m1/s1. The summed E-state index contributed by atoms with van der Waals surface area (Å²) in [5.74, 6) is -1.29. The quantitative estimate of drug-likeness (QED) is 0.524. The Morgan fingerprint density at radius 1 is 1.03 bits per heavy atom. The zero-order valence-electron chi connectivity index (χ0n) is 19.1. The summed E-state index contributed by atoms with van der Waals surface area (Å²) in [4.78, 5) is 24.3. The van der Waals surface area contributed by atoms with Gasteiger partial charge in [-0.3, -0.25) is 9.59 Å². The number of piperidine rings is 1. The summed E-state index contributed by atoms with van der Waals surface area (Å²) in [5, 5.41) is 5.16. The first kappa shape index (κ1) is 25.6. The Bertz CT molecular complexity index is 1090. The Balaban J connectivity index is 1.48. The van der Waals surface area contributed by atoms with E-state index in [0.29, 0.717) is 31.6 Å². The van der Waals surface area contributed by atoms with Gasteiger partial charge >= 0.3 is 11.8 Å². The molecule has 8 nitrogen and oxygen atoms in total. The zero-order valence-corrected chi connectivity index (χ0v) is 19.9. The van der Waals surface area contributed by atoms with E-state index in [2.05, 4.69) is 10.6 Å². The number of benzene rings is 2. The molecule has 2 N–H and O–H groups in total. The Labute approximate surface area is 199 Å². The summed E-state index contributed by atoms with van der Waals surface area (Å²) in [6, 6.07) is 11.9. The summed E-state index contributed by atoms with van der Waals surface area (Å²) in [7, 11) is -2.20. The predicted octanol–water partition coefficient (Wildman–Crippen LogP) is 2.24. The molecule has 2 aromatic rings. The molecule has 10 heteroatoms. The van der Waals surface area contributed by atoms with Crippen molar-refractivity contribution >= 4 is 21.8 Å². The molecule has 2 amide bonds. The topological polar surface area (TPSA) is 105 Å². The number of halogens is 1. The second-order valence-electron chi connectivity index (χ2n) is 8.08. The molecule has 0 radical (unpaired) electrons. The van der Waals surface area contributed by atoms with Crippen molar-refractivity contribution in [1.82, 2.24) is 14.9 Å². The van der Waals surface area contributed by atoms with E-state index < -0.39 is 27.7 Å². The van der Waals surface area contributed by atoms with Crippen LogP contribution in [-0.4, -0.2) is 57.3 Å². The Hall–Kier alpha value is -2.98. The lowest BCUT2D eigenvalue weighted by Crippen LogP contribution is -2.46. The number of carbonyl (C=O) groups is 2. The highest BCUT2D eigenvalue weighted by atomic mass is 32.2. The van der Waals surface area contributed by atoms with E-state index in [-0.39, 0.29) is 24.0 Å². The van der Waals surface area contributed by atoms with Crippen LogP contribution in [-0.2, 0) is 26.0 Å². The number of ether oxygens (including phenoxy) is 1. The number of nitrogens with one attached hydrogen (secondary N) is 2. The summed E-state index contributed by atoms with van der Waals surface area (Å²) < 4.78 is 46.0. The zero-order chi connectivity index (χ0) is 24.6. The van der Waals surface area contributed by atoms with Crippen LogP contribution >= 0.6 is 0 Å². The van der Waals surface area contributed by atoms with Crippen molar-refractivity contribution in [2.45, 2.75) is 43.0 Å². The lowest BCUT2D eigenvalue weighted by atomic mass is 10.0. The van der Waals surface area contributed by atoms with E-state index >= 15 is 0 Å². The molecule has 1 saturated heterocycles. The number of rotatable bonds is 9. The molecule has 0 bridgehead atoms. The third kappa shape index (κ3) is 6.54. The average molecular weight is 492 g/mol. The lowest BCUT2D eigenvalue weighted by Gasteiger charge is -2.34. The summed E-state index contributed by atoms with van der Waals surface area (Å²) in [5.41, 5.74) is 0.922. The lowest BCUT2D eigenvalue weighted by molar-refractivity contribution is -0.139. The largest absolute Gasteiger partial charge is 0.496 e. The van der Waals surface area contributed by atoms with Crippen molar-refractivity contribution in [2.75, 3.05) is 26.7 Å². The Kier molecular flexibility index (Phi) is 9.00. The number of para-hydroxylation sites is 1. The highest BCUT2D eigenvalue weighted by Gasteiger charge is 2.33. The van der Waals surface area contributed by atoms with Crippen LogP contribution < -0.4 is 15.4 Å². The monoisotopic (exact) mass is 491 g/mol. The third-order valence-electron chi connectivity index (χ3n) is 5.84. The van der Waals surface area contributed by atoms with Crippen molar-refractivity contribution in [1.29, 1.82) is 0 Å². The second kappa shape index (κ2) is 11.9. The molecule has 1 aliphatic rings. The van der Waals surface area contributed by atoms with E-state index in [1.807, 2.05) is 24.3 Å². The highest BCUT2D eigenvalue weighted by Crippen LogP contribution is 2.27. The molecule has 184 valence electrons. The maximum Gasteiger partial charge on any atom is 0.309 e. The van der Waals surface area contributed by atoms with Crippen molar-refractivity contribution in [3.8, 4) is 5.75 Å². The van der Waals surface area contributed by atoms with Gasteiger partial charge in [-0.1, -0.05) is 24.6 Å². The Morgan fingerprint density at radius 3 is 2.41 bits per heavy atom. The van der Waals surface area contributed by atoms with Gasteiger partial charge in [-0.2, -0.15) is 4.31 Å². The maximum absolute atomic E-state index is 13.2. The minimum Gasteiger partial charge on any atom is -0.496 e. The molecule has 3 rings (SSSR count). The minimum absolute atomic E-state index is 0.0410. The summed E-state index contributed by atoms with van der Waals surface area (Å²) >= 11 is 0. The fourth-order valence-electron chi connectivity index (χ4n) is 4.05. The fraction of sp³-hybridized carbons (Fsp3) is 0.417. The normalized spacial score (nSPS) is 16.6. The van der Waals surface area contributed by atoms with Crippen molar-refractivity contribution in [3.63, 3.8) is 0 Å². The molecule has 0 saturated carbocycles. The van der Waals surface area contributed by atoms with Gasteiger partial charge in [0, 0.05) is 25.7 Å². The molecule has 34 heavy (non-hydrogen) atoms. The van der Waals surface area contributed by atoms with Gasteiger partial charge in [-0.05, 0) is 61.6 Å². The van der Waals surface area contributed by atoms with Gasteiger partial charge in [0.25, 0.3) is 0 Å². The van der Waals surface area contributed by atoms with Gasteiger partial charge in [-0.25, -0.2) is 12.8 Å². The SMILES string of the molecule is COc1ccccc1CCNC(=O)C(=O)NCC[C@H]1CCCCN1S(=O)(=O)c1ccc(F)cc1. The maximum atomic E-state index is 13.2. The van der Waals surface area contributed by atoms with Gasteiger partial charge in [0.05, 0.1) is 12.0 Å². The van der Waals surface area contributed by atoms with Crippen molar-refractivity contribution < 1.29 is 27.1 Å². The highest BCUT2D eigenvalue weighted by molar-refractivity contribution is 7.89. The smallest absolute Gasteiger partial charge is 0.309 e. The van der Waals surface area contributed by atoms with Crippen LogP contribution in [0, 0.1) is 5.82 Å². The van der Waals surface area contributed by atoms with E-state index in [9.17, 15) is 22.4 Å². The van der Waals surface area contributed by atoms with Gasteiger partial charge in [0.1, 0.15) is 11.6 Å².